The van der Waals surface area contributed by atoms with Crippen molar-refractivity contribution in [1.82, 2.24) is 4.90 Å². The molecule has 2 rings (SSSR count). The van der Waals surface area contributed by atoms with Gasteiger partial charge in [0.25, 0.3) is 0 Å². The van der Waals surface area contributed by atoms with Gasteiger partial charge in [0.15, 0.2) is 0 Å². The van der Waals surface area contributed by atoms with Gasteiger partial charge in [0.05, 0.1) is 0 Å². The molecule has 1 unspecified atom stereocenters. The first kappa shape index (κ1) is 13.1. The monoisotopic (exact) mass is 246 g/mol. The molecule has 0 aliphatic carbocycles. The van der Waals surface area contributed by atoms with E-state index in [0.717, 1.165) is 18.7 Å². The Kier molecular flexibility index (Phi) is 4.02. The summed E-state index contributed by atoms with van der Waals surface area (Å²) >= 11 is 0. The highest BCUT2D eigenvalue weighted by Gasteiger charge is 2.31. The van der Waals surface area contributed by atoms with Crippen LogP contribution in [0.15, 0.2) is 24.3 Å². The Balaban J connectivity index is 1.98. The highest BCUT2D eigenvalue weighted by molar-refractivity contribution is 5.78. The molecule has 98 valence electrons. The topological polar surface area (TPSA) is 46.3 Å². The normalized spacial score (nSPS) is 19.9. The maximum absolute atomic E-state index is 11.9. The molecule has 1 aliphatic heterocycles. The minimum Gasteiger partial charge on any atom is -0.338 e. The van der Waals surface area contributed by atoms with Crippen LogP contribution >= 0.6 is 0 Å². The zero-order chi connectivity index (χ0) is 13.1. The molecule has 1 saturated heterocycles. The van der Waals surface area contributed by atoms with Gasteiger partial charge in [-0.15, -0.1) is 0 Å². The van der Waals surface area contributed by atoms with E-state index in [4.69, 9.17) is 5.73 Å². The average molecular weight is 246 g/mol. The Morgan fingerprint density at radius 2 is 1.89 bits per heavy atom. The van der Waals surface area contributed by atoms with E-state index < -0.39 is 0 Å². The van der Waals surface area contributed by atoms with E-state index in [2.05, 4.69) is 26.0 Å². The summed E-state index contributed by atoms with van der Waals surface area (Å²) in [6.07, 6.45) is 0.707. The minimum atomic E-state index is 0.289. The molecule has 1 fully saturated rings. The van der Waals surface area contributed by atoms with Crippen LogP contribution in [-0.4, -0.2) is 17.4 Å². The van der Waals surface area contributed by atoms with Gasteiger partial charge in [0.1, 0.15) is 0 Å². The molecular formula is C15H22N2O. The predicted octanol–water partition coefficient (Wildman–Crippen LogP) is 2.15. The van der Waals surface area contributed by atoms with Gasteiger partial charge in [-0.1, -0.05) is 38.1 Å². The quantitative estimate of drug-likeness (QED) is 0.885. The number of benzene rings is 1. The molecule has 1 aromatic rings. The number of nitrogens with two attached hydrogens (primary N) is 1. The zero-order valence-electron chi connectivity index (χ0n) is 11.2. The van der Waals surface area contributed by atoms with Crippen molar-refractivity contribution in [3.8, 4) is 0 Å². The van der Waals surface area contributed by atoms with Gasteiger partial charge >= 0.3 is 0 Å². The van der Waals surface area contributed by atoms with Crippen LogP contribution in [0.3, 0.4) is 0 Å². The summed E-state index contributed by atoms with van der Waals surface area (Å²) in [4.78, 5) is 13.9. The predicted molar refractivity (Wildman–Crippen MR) is 72.7 cm³/mol. The van der Waals surface area contributed by atoms with E-state index in [9.17, 15) is 4.79 Å². The van der Waals surface area contributed by atoms with Crippen molar-refractivity contribution in [2.45, 2.75) is 33.4 Å². The van der Waals surface area contributed by atoms with E-state index in [1.54, 1.807) is 0 Å². The molecule has 3 nitrogen and oxygen atoms in total. The molecule has 1 atom stereocenters. The first-order valence-electron chi connectivity index (χ1n) is 6.65. The van der Waals surface area contributed by atoms with Crippen molar-refractivity contribution < 1.29 is 4.79 Å². The van der Waals surface area contributed by atoms with Gasteiger partial charge in [0, 0.05) is 26.1 Å². The molecule has 2 N–H and O–H groups in total. The second-order valence-corrected chi connectivity index (χ2v) is 5.50. The second-order valence-electron chi connectivity index (χ2n) is 5.50. The first-order chi connectivity index (χ1) is 8.60. The Bertz CT molecular complexity index is 411. The van der Waals surface area contributed by atoms with Crippen molar-refractivity contribution in [2.75, 3.05) is 6.54 Å². The number of amides is 1. The Morgan fingerprint density at radius 3 is 2.39 bits per heavy atom. The molecule has 1 aromatic carbocycles. The van der Waals surface area contributed by atoms with Crippen molar-refractivity contribution in [1.29, 1.82) is 0 Å². The molecule has 0 aromatic heterocycles. The van der Waals surface area contributed by atoms with Crippen molar-refractivity contribution in [3.05, 3.63) is 35.4 Å². The maximum atomic E-state index is 11.9. The number of carbonyl (C=O) groups excluding carboxylic acids is 1. The van der Waals surface area contributed by atoms with Crippen LogP contribution in [0.2, 0.25) is 0 Å². The van der Waals surface area contributed by atoms with Crippen LogP contribution in [0.5, 0.6) is 0 Å². The lowest BCUT2D eigenvalue weighted by Crippen LogP contribution is -2.25. The van der Waals surface area contributed by atoms with Gasteiger partial charge in [0.2, 0.25) is 5.91 Å². The third kappa shape index (κ3) is 2.91. The molecule has 0 saturated carbocycles. The van der Waals surface area contributed by atoms with Crippen LogP contribution in [0.4, 0.5) is 0 Å². The smallest absolute Gasteiger partial charge is 0.223 e. The number of hydrogen-bond acceptors (Lipinski definition) is 2. The molecule has 0 spiro atoms. The van der Waals surface area contributed by atoms with E-state index in [1.165, 1.54) is 5.56 Å². The van der Waals surface area contributed by atoms with Gasteiger partial charge < -0.3 is 10.6 Å². The summed E-state index contributed by atoms with van der Waals surface area (Å²) in [5, 5.41) is 0. The number of hydrogen-bond donors (Lipinski definition) is 1. The van der Waals surface area contributed by atoms with E-state index in [-0.39, 0.29) is 5.91 Å². The summed E-state index contributed by atoms with van der Waals surface area (Å²) in [5.41, 5.74) is 7.89. The number of rotatable bonds is 4. The van der Waals surface area contributed by atoms with E-state index in [1.807, 2.05) is 17.0 Å². The Labute approximate surface area is 109 Å². The molecule has 0 radical (unpaired) electrons. The van der Waals surface area contributed by atoms with Crippen LogP contribution in [0, 0.1) is 11.8 Å². The van der Waals surface area contributed by atoms with E-state index >= 15 is 0 Å². The standard InChI is InChI=1S/C15H22N2O/c1-11(2)14-7-15(18)17(10-14)9-13-5-3-12(8-16)4-6-13/h3-6,11,14H,7-10,16H2,1-2H3. The summed E-state index contributed by atoms with van der Waals surface area (Å²) in [6, 6.07) is 8.21. The third-order valence-corrected chi connectivity index (χ3v) is 3.82. The third-order valence-electron chi connectivity index (χ3n) is 3.82. The fourth-order valence-corrected chi connectivity index (χ4v) is 2.40. The van der Waals surface area contributed by atoms with Gasteiger partial charge in [-0.2, -0.15) is 0 Å². The van der Waals surface area contributed by atoms with Gasteiger partial charge in [-0.05, 0) is 23.0 Å². The molecule has 1 aliphatic rings. The van der Waals surface area contributed by atoms with Crippen molar-refractivity contribution in [2.24, 2.45) is 17.6 Å². The second kappa shape index (κ2) is 5.53. The van der Waals surface area contributed by atoms with Gasteiger partial charge in [-0.25, -0.2) is 0 Å². The van der Waals surface area contributed by atoms with Crippen molar-refractivity contribution in [3.63, 3.8) is 0 Å². The molecule has 3 heteroatoms. The van der Waals surface area contributed by atoms with Crippen molar-refractivity contribution >= 4 is 5.91 Å². The zero-order valence-corrected chi connectivity index (χ0v) is 11.2. The molecule has 1 amide bonds. The summed E-state index contributed by atoms with van der Waals surface area (Å²) < 4.78 is 0. The number of likely N-dealkylation sites (tertiary alicyclic amines) is 1. The molecule has 18 heavy (non-hydrogen) atoms. The number of nitrogens with zero attached hydrogens (tertiary/aromatic N) is 1. The fraction of sp³-hybridized carbons (Fsp3) is 0.533. The van der Waals surface area contributed by atoms with Crippen LogP contribution < -0.4 is 5.73 Å². The van der Waals surface area contributed by atoms with Crippen LogP contribution in [0.1, 0.15) is 31.4 Å². The Hall–Kier alpha value is -1.35. The molecule has 1 heterocycles. The highest BCUT2D eigenvalue weighted by Crippen LogP contribution is 2.26. The molecular weight excluding hydrogens is 224 g/mol. The van der Waals surface area contributed by atoms with Crippen LogP contribution in [-0.2, 0) is 17.9 Å². The maximum Gasteiger partial charge on any atom is 0.223 e. The molecule has 0 bridgehead atoms. The minimum absolute atomic E-state index is 0.289. The summed E-state index contributed by atoms with van der Waals surface area (Å²) in [6.45, 7) is 6.58. The average Bonchev–Trinajstić information content (AvgIpc) is 2.72. The lowest BCUT2D eigenvalue weighted by atomic mass is 9.95. The van der Waals surface area contributed by atoms with Crippen LogP contribution in [0.25, 0.3) is 0 Å². The SMILES string of the molecule is CC(C)C1CC(=O)N(Cc2ccc(CN)cc2)C1. The van der Waals surface area contributed by atoms with Gasteiger partial charge in [-0.3, -0.25) is 4.79 Å². The Morgan fingerprint density at radius 1 is 1.28 bits per heavy atom. The lowest BCUT2D eigenvalue weighted by Gasteiger charge is -2.18. The number of carbonyl (C=O) groups is 1. The van der Waals surface area contributed by atoms with E-state index in [0.29, 0.717) is 24.8 Å². The summed E-state index contributed by atoms with van der Waals surface area (Å²) in [5.74, 6) is 1.39. The lowest BCUT2D eigenvalue weighted by molar-refractivity contribution is -0.128. The summed E-state index contributed by atoms with van der Waals surface area (Å²) in [7, 11) is 0. The fourth-order valence-electron chi connectivity index (χ4n) is 2.40. The highest BCUT2D eigenvalue weighted by atomic mass is 16.2. The largest absolute Gasteiger partial charge is 0.338 e. The first-order valence-corrected chi connectivity index (χ1v) is 6.65.